The van der Waals surface area contributed by atoms with E-state index < -0.39 is 6.04 Å². The van der Waals surface area contributed by atoms with Crippen LogP contribution in [-0.2, 0) is 22.6 Å². The van der Waals surface area contributed by atoms with E-state index in [1.807, 2.05) is 62.4 Å². The normalized spacial score (nSPS) is 12.6. The van der Waals surface area contributed by atoms with Crippen LogP contribution >= 0.6 is 39.1 Å². The van der Waals surface area contributed by atoms with Crippen LogP contribution in [-0.4, -0.2) is 35.4 Å². The molecule has 3 aromatic carbocycles. The lowest BCUT2D eigenvalue weighted by atomic mass is 10.0. The third-order valence-electron chi connectivity index (χ3n) is 6.64. The lowest BCUT2D eigenvalue weighted by molar-refractivity contribution is -0.143. The van der Waals surface area contributed by atoms with E-state index in [9.17, 15) is 9.59 Å². The summed E-state index contributed by atoms with van der Waals surface area (Å²) in [6.07, 6.45) is 1.08. The summed E-state index contributed by atoms with van der Waals surface area (Å²) in [5.41, 5.74) is 2.66. The van der Waals surface area contributed by atoms with Crippen LogP contribution in [0.4, 0.5) is 0 Å². The van der Waals surface area contributed by atoms with Crippen LogP contribution in [0.5, 0.6) is 5.75 Å². The van der Waals surface area contributed by atoms with Gasteiger partial charge < -0.3 is 15.0 Å². The average Bonchev–Trinajstić information content (AvgIpc) is 2.91. The molecule has 1 N–H and O–H groups in total. The second-order valence-electron chi connectivity index (χ2n) is 9.88. The van der Waals surface area contributed by atoms with Gasteiger partial charge in [-0.1, -0.05) is 86.4 Å². The van der Waals surface area contributed by atoms with Crippen LogP contribution in [0.2, 0.25) is 10.0 Å². The number of rotatable bonds is 12. The van der Waals surface area contributed by atoms with Gasteiger partial charge in [0.1, 0.15) is 11.8 Å². The first-order valence-electron chi connectivity index (χ1n) is 13.1. The summed E-state index contributed by atoms with van der Waals surface area (Å²) >= 11 is 16.6. The Bertz CT molecular complexity index is 1250. The van der Waals surface area contributed by atoms with Crippen molar-refractivity contribution < 1.29 is 14.3 Å². The molecule has 39 heavy (non-hydrogen) atoms. The largest absolute Gasteiger partial charge is 0.483 e. The first-order chi connectivity index (χ1) is 18.6. The topological polar surface area (TPSA) is 58.6 Å². The minimum atomic E-state index is -0.809. The Hall–Kier alpha value is -2.54. The first-order valence-corrected chi connectivity index (χ1v) is 14.6. The van der Waals surface area contributed by atoms with Gasteiger partial charge in [0, 0.05) is 34.6 Å². The van der Waals surface area contributed by atoms with Crippen LogP contribution in [0.1, 0.15) is 56.7 Å². The highest BCUT2D eigenvalue weighted by molar-refractivity contribution is 9.10. The van der Waals surface area contributed by atoms with Crippen LogP contribution in [0.15, 0.2) is 71.2 Å². The van der Waals surface area contributed by atoms with Crippen LogP contribution < -0.4 is 10.1 Å². The van der Waals surface area contributed by atoms with E-state index in [0.717, 1.165) is 22.0 Å². The van der Waals surface area contributed by atoms with E-state index in [1.165, 1.54) is 4.90 Å². The number of hydrogen-bond donors (Lipinski definition) is 1. The molecule has 0 radical (unpaired) electrons. The first kappa shape index (κ1) is 31.0. The smallest absolute Gasteiger partial charge is 0.261 e. The summed E-state index contributed by atoms with van der Waals surface area (Å²) in [7, 11) is 0. The quantitative estimate of drug-likeness (QED) is 0.221. The van der Waals surface area contributed by atoms with Gasteiger partial charge in [-0.05, 0) is 70.6 Å². The van der Waals surface area contributed by atoms with E-state index in [1.54, 1.807) is 18.2 Å². The van der Waals surface area contributed by atoms with Gasteiger partial charge in [0.05, 0.1) is 4.47 Å². The molecule has 5 nitrogen and oxygen atoms in total. The molecule has 0 saturated carbocycles. The summed E-state index contributed by atoms with van der Waals surface area (Å²) in [6.45, 7) is 7.96. The van der Waals surface area contributed by atoms with Crippen LogP contribution in [0, 0.1) is 0 Å². The SMILES string of the molecule is CC[C@H](C)NC(=O)[C@H](Cc1ccccc1)N(Cc1c(Cl)cccc1Cl)C(=O)COc1ccc(C(C)C)cc1Br. The zero-order valence-corrected chi connectivity index (χ0v) is 25.8. The number of carbonyl (C=O) groups is 2. The number of halogens is 3. The molecule has 0 bridgehead atoms. The number of ether oxygens (including phenoxy) is 1. The third-order valence-corrected chi connectivity index (χ3v) is 7.96. The monoisotopic (exact) mass is 632 g/mol. The van der Waals surface area contributed by atoms with E-state index in [2.05, 4.69) is 35.1 Å². The molecule has 0 aliphatic rings. The van der Waals surface area contributed by atoms with Crippen LogP contribution in [0.25, 0.3) is 0 Å². The Kier molecular flexibility index (Phi) is 11.7. The van der Waals surface area contributed by atoms with Crippen molar-refractivity contribution in [2.24, 2.45) is 0 Å². The molecular weight excluding hydrogens is 599 g/mol. The van der Waals surface area contributed by atoms with Gasteiger partial charge in [-0.25, -0.2) is 0 Å². The molecule has 0 spiro atoms. The Balaban J connectivity index is 1.96. The number of hydrogen-bond acceptors (Lipinski definition) is 3. The van der Waals surface area contributed by atoms with Crippen molar-refractivity contribution in [3.63, 3.8) is 0 Å². The molecule has 0 unspecified atom stereocenters. The zero-order chi connectivity index (χ0) is 28.5. The molecule has 0 fully saturated rings. The van der Waals surface area contributed by atoms with E-state index >= 15 is 0 Å². The molecule has 0 aromatic heterocycles. The summed E-state index contributed by atoms with van der Waals surface area (Å²) in [4.78, 5) is 29.0. The average molecular weight is 634 g/mol. The highest BCUT2D eigenvalue weighted by atomic mass is 79.9. The second-order valence-corrected chi connectivity index (χ2v) is 11.5. The fraction of sp³-hybridized carbons (Fsp3) is 0.355. The van der Waals surface area contributed by atoms with Crippen molar-refractivity contribution in [3.8, 4) is 5.75 Å². The lowest BCUT2D eigenvalue weighted by Crippen LogP contribution is -2.53. The summed E-state index contributed by atoms with van der Waals surface area (Å²) in [5.74, 6) is 0.306. The number of amides is 2. The molecular formula is C31H35BrCl2N2O3. The predicted molar refractivity (Wildman–Crippen MR) is 163 cm³/mol. The molecule has 0 saturated heterocycles. The lowest BCUT2D eigenvalue weighted by Gasteiger charge is -2.32. The Morgan fingerprint density at radius 1 is 0.974 bits per heavy atom. The van der Waals surface area contributed by atoms with Gasteiger partial charge in [0.2, 0.25) is 5.91 Å². The molecule has 3 rings (SSSR count). The van der Waals surface area contributed by atoms with Gasteiger partial charge >= 0.3 is 0 Å². The van der Waals surface area contributed by atoms with E-state index in [4.69, 9.17) is 27.9 Å². The van der Waals surface area contributed by atoms with Crippen molar-refractivity contribution in [3.05, 3.63) is 97.9 Å². The second kappa shape index (κ2) is 14.7. The summed E-state index contributed by atoms with van der Waals surface area (Å²) < 4.78 is 6.72. The number of nitrogens with zero attached hydrogens (tertiary/aromatic N) is 1. The maximum Gasteiger partial charge on any atom is 0.261 e. The third kappa shape index (κ3) is 8.72. The van der Waals surface area contributed by atoms with Crippen molar-refractivity contribution in [2.75, 3.05) is 6.61 Å². The van der Waals surface area contributed by atoms with Gasteiger partial charge in [-0.3, -0.25) is 9.59 Å². The van der Waals surface area contributed by atoms with E-state index in [0.29, 0.717) is 33.7 Å². The fourth-order valence-corrected chi connectivity index (χ4v) is 5.09. The molecule has 0 aliphatic carbocycles. The van der Waals surface area contributed by atoms with Crippen molar-refractivity contribution in [2.45, 2.75) is 65.1 Å². The van der Waals surface area contributed by atoms with Gasteiger partial charge in [-0.2, -0.15) is 0 Å². The molecule has 0 heterocycles. The predicted octanol–water partition coefficient (Wildman–Crippen LogP) is 7.81. The van der Waals surface area contributed by atoms with E-state index in [-0.39, 0.29) is 31.0 Å². The minimum absolute atomic E-state index is 0.0525. The number of carbonyl (C=O) groups excluding carboxylic acids is 2. The highest BCUT2D eigenvalue weighted by Crippen LogP contribution is 2.30. The van der Waals surface area contributed by atoms with Gasteiger partial charge in [0.25, 0.3) is 5.91 Å². The van der Waals surface area contributed by atoms with Crippen LogP contribution in [0.3, 0.4) is 0 Å². The molecule has 2 atom stereocenters. The molecule has 2 amide bonds. The molecule has 3 aromatic rings. The minimum Gasteiger partial charge on any atom is -0.483 e. The number of nitrogens with one attached hydrogen (secondary N) is 1. The Morgan fingerprint density at radius 3 is 2.23 bits per heavy atom. The molecule has 0 aliphatic heterocycles. The van der Waals surface area contributed by atoms with Crippen molar-refractivity contribution >= 4 is 50.9 Å². The molecule has 8 heteroatoms. The maximum absolute atomic E-state index is 13.8. The Morgan fingerprint density at radius 2 is 1.64 bits per heavy atom. The summed E-state index contributed by atoms with van der Waals surface area (Å²) in [5, 5.41) is 3.90. The summed E-state index contributed by atoms with van der Waals surface area (Å²) in [6, 6.07) is 19.8. The standard InChI is InChI=1S/C31H35BrCl2N2O3/c1-5-21(4)35-31(38)28(16-22-10-7-6-8-11-22)36(18-24-26(33)12-9-13-27(24)34)30(37)19-39-29-15-14-23(20(2)3)17-25(29)32/h6-15,17,20-21,28H,5,16,18-19H2,1-4H3,(H,35,38)/t21-,28-/m0/s1. The van der Waals surface area contributed by atoms with Gasteiger partial charge in [-0.15, -0.1) is 0 Å². The van der Waals surface area contributed by atoms with Crippen molar-refractivity contribution in [1.29, 1.82) is 0 Å². The highest BCUT2D eigenvalue weighted by Gasteiger charge is 2.32. The molecule has 208 valence electrons. The number of benzene rings is 3. The Labute approximate surface area is 250 Å². The van der Waals surface area contributed by atoms with Crippen molar-refractivity contribution in [1.82, 2.24) is 10.2 Å². The maximum atomic E-state index is 13.8. The fourth-order valence-electron chi connectivity index (χ4n) is 4.06. The van der Waals surface area contributed by atoms with Gasteiger partial charge in [0.15, 0.2) is 6.61 Å². The zero-order valence-electron chi connectivity index (χ0n) is 22.7.